The zero-order valence-corrected chi connectivity index (χ0v) is 8.98. The van der Waals surface area contributed by atoms with E-state index in [4.69, 9.17) is 4.74 Å². The smallest absolute Gasteiger partial charge is 0.0730 e. The van der Waals surface area contributed by atoms with E-state index in [1.807, 2.05) is 6.92 Å². The lowest BCUT2D eigenvalue weighted by molar-refractivity contribution is -0.0673. The summed E-state index contributed by atoms with van der Waals surface area (Å²) in [6, 6.07) is 0.588. The number of rotatable bonds is 3. The van der Waals surface area contributed by atoms with E-state index in [1.165, 1.54) is 19.3 Å². The van der Waals surface area contributed by atoms with Crippen LogP contribution in [0.25, 0.3) is 0 Å². The van der Waals surface area contributed by atoms with E-state index in [0.717, 1.165) is 26.1 Å². The first-order valence-electron chi connectivity index (χ1n) is 5.85. The molecule has 1 aliphatic carbocycles. The first kappa shape index (κ1) is 10.4. The first-order valence-corrected chi connectivity index (χ1v) is 5.85. The molecular weight excluding hydrogens is 178 g/mol. The normalized spacial score (nSPS) is 35.6. The minimum Gasteiger partial charge on any atom is -0.392 e. The average Bonchev–Trinajstić information content (AvgIpc) is 2.66. The number of nitrogens with zero attached hydrogens (tertiary/aromatic N) is 1. The van der Waals surface area contributed by atoms with E-state index in [0.29, 0.717) is 12.1 Å². The average molecular weight is 199 g/mol. The third kappa shape index (κ3) is 2.10. The SMILES string of the molecule is CC[C@@H](O)CN1CCOC2CCCC21. The molecule has 3 heteroatoms. The van der Waals surface area contributed by atoms with Crippen LogP contribution in [0.2, 0.25) is 0 Å². The second-order valence-corrected chi connectivity index (χ2v) is 4.46. The highest BCUT2D eigenvalue weighted by molar-refractivity contribution is 4.89. The van der Waals surface area contributed by atoms with Crippen molar-refractivity contribution in [1.29, 1.82) is 0 Å². The van der Waals surface area contributed by atoms with Gasteiger partial charge in [0.05, 0.1) is 18.8 Å². The second kappa shape index (κ2) is 4.60. The van der Waals surface area contributed by atoms with Crippen molar-refractivity contribution < 1.29 is 9.84 Å². The Bertz CT molecular complexity index is 186. The highest BCUT2D eigenvalue weighted by atomic mass is 16.5. The standard InChI is InChI=1S/C11H21NO2/c1-2-9(13)8-12-6-7-14-11-5-3-4-10(11)12/h9-11,13H,2-8H2,1H3/t9-,10?,11?/m1/s1. The lowest BCUT2D eigenvalue weighted by Crippen LogP contribution is -2.50. The topological polar surface area (TPSA) is 32.7 Å². The Balaban J connectivity index is 1.90. The Morgan fingerprint density at radius 2 is 2.36 bits per heavy atom. The van der Waals surface area contributed by atoms with Gasteiger partial charge in [-0.05, 0) is 25.7 Å². The highest BCUT2D eigenvalue weighted by Crippen LogP contribution is 2.29. The Morgan fingerprint density at radius 1 is 1.50 bits per heavy atom. The minimum absolute atomic E-state index is 0.158. The molecule has 14 heavy (non-hydrogen) atoms. The number of aliphatic hydroxyl groups excluding tert-OH is 1. The quantitative estimate of drug-likeness (QED) is 0.736. The molecule has 0 aromatic rings. The molecule has 1 N–H and O–H groups in total. The number of aliphatic hydroxyl groups is 1. The van der Waals surface area contributed by atoms with Crippen LogP contribution in [0.4, 0.5) is 0 Å². The number of morpholine rings is 1. The predicted octanol–water partition coefficient (Wildman–Crippen LogP) is 1.01. The predicted molar refractivity (Wildman–Crippen MR) is 55.2 cm³/mol. The maximum atomic E-state index is 9.65. The number of fused-ring (bicyclic) bond motifs is 1. The van der Waals surface area contributed by atoms with Gasteiger partial charge in [-0.3, -0.25) is 4.90 Å². The third-order valence-corrected chi connectivity index (χ3v) is 3.51. The van der Waals surface area contributed by atoms with Crippen LogP contribution in [0.5, 0.6) is 0 Å². The maximum Gasteiger partial charge on any atom is 0.0730 e. The third-order valence-electron chi connectivity index (χ3n) is 3.51. The Labute approximate surface area is 86.0 Å². The fraction of sp³-hybridized carbons (Fsp3) is 1.00. The molecule has 1 saturated carbocycles. The van der Waals surface area contributed by atoms with Crippen LogP contribution in [-0.2, 0) is 4.74 Å². The van der Waals surface area contributed by atoms with Crippen molar-refractivity contribution in [2.45, 2.75) is 50.9 Å². The monoisotopic (exact) mass is 199 g/mol. The van der Waals surface area contributed by atoms with Crippen LogP contribution in [0, 0.1) is 0 Å². The van der Waals surface area contributed by atoms with Crippen LogP contribution in [0.15, 0.2) is 0 Å². The Kier molecular flexibility index (Phi) is 3.42. The van der Waals surface area contributed by atoms with E-state index >= 15 is 0 Å². The van der Waals surface area contributed by atoms with Crippen LogP contribution in [0.1, 0.15) is 32.6 Å². The first-order chi connectivity index (χ1) is 6.81. The van der Waals surface area contributed by atoms with Gasteiger partial charge < -0.3 is 9.84 Å². The van der Waals surface area contributed by atoms with E-state index in [-0.39, 0.29) is 6.10 Å². The summed E-state index contributed by atoms with van der Waals surface area (Å²) in [4.78, 5) is 2.43. The van der Waals surface area contributed by atoms with Crippen LogP contribution in [-0.4, -0.2) is 48.0 Å². The van der Waals surface area contributed by atoms with Crippen LogP contribution in [0.3, 0.4) is 0 Å². The van der Waals surface area contributed by atoms with Crippen molar-refractivity contribution in [3.05, 3.63) is 0 Å². The van der Waals surface area contributed by atoms with Crippen LogP contribution >= 0.6 is 0 Å². The van der Waals surface area contributed by atoms with Gasteiger partial charge in [-0.1, -0.05) is 6.92 Å². The molecule has 2 rings (SSSR count). The molecule has 82 valence electrons. The Morgan fingerprint density at radius 3 is 3.14 bits per heavy atom. The van der Waals surface area contributed by atoms with Gasteiger partial charge in [0, 0.05) is 19.1 Å². The molecule has 0 aromatic heterocycles. The van der Waals surface area contributed by atoms with Crippen molar-refractivity contribution in [1.82, 2.24) is 4.90 Å². The molecule has 2 unspecified atom stereocenters. The molecule has 0 radical (unpaired) electrons. The number of β-amino-alcohol motifs (C(OH)–C–C–N with tert-alkyl or cyclic N) is 1. The van der Waals surface area contributed by atoms with Gasteiger partial charge in [0.2, 0.25) is 0 Å². The van der Waals surface area contributed by atoms with Gasteiger partial charge in [0.1, 0.15) is 0 Å². The Hall–Kier alpha value is -0.120. The molecule has 3 nitrogen and oxygen atoms in total. The highest BCUT2D eigenvalue weighted by Gasteiger charge is 2.36. The van der Waals surface area contributed by atoms with Gasteiger partial charge in [-0.15, -0.1) is 0 Å². The summed E-state index contributed by atoms with van der Waals surface area (Å²) in [5, 5.41) is 9.65. The van der Waals surface area contributed by atoms with Crippen molar-refractivity contribution in [2.24, 2.45) is 0 Å². The summed E-state index contributed by atoms with van der Waals surface area (Å²) in [6.45, 7) is 4.72. The molecular formula is C11H21NO2. The van der Waals surface area contributed by atoms with Gasteiger partial charge in [-0.25, -0.2) is 0 Å². The summed E-state index contributed by atoms with van der Waals surface area (Å²) in [6.07, 6.45) is 4.90. The molecule has 0 aromatic carbocycles. The van der Waals surface area contributed by atoms with Crippen molar-refractivity contribution in [2.75, 3.05) is 19.7 Å². The fourth-order valence-corrected chi connectivity index (χ4v) is 2.63. The number of hydrogen-bond donors (Lipinski definition) is 1. The maximum absolute atomic E-state index is 9.65. The molecule has 1 heterocycles. The van der Waals surface area contributed by atoms with Crippen molar-refractivity contribution >= 4 is 0 Å². The van der Waals surface area contributed by atoms with Gasteiger partial charge in [-0.2, -0.15) is 0 Å². The molecule has 1 saturated heterocycles. The van der Waals surface area contributed by atoms with Gasteiger partial charge in [0.25, 0.3) is 0 Å². The summed E-state index contributed by atoms with van der Waals surface area (Å²) in [5.41, 5.74) is 0. The molecule has 0 amide bonds. The molecule has 0 spiro atoms. The van der Waals surface area contributed by atoms with Crippen molar-refractivity contribution in [3.63, 3.8) is 0 Å². The molecule has 2 aliphatic rings. The van der Waals surface area contributed by atoms with Crippen LogP contribution < -0.4 is 0 Å². The number of ether oxygens (including phenoxy) is 1. The summed E-state index contributed by atoms with van der Waals surface area (Å²) >= 11 is 0. The lowest BCUT2D eigenvalue weighted by atomic mass is 10.1. The molecule has 1 aliphatic heterocycles. The van der Waals surface area contributed by atoms with E-state index < -0.39 is 0 Å². The fourth-order valence-electron chi connectivity index (χ4n) is 2.63. The zero-order chi connectivity index (χ0) is 9.97. The summed E-state index contributed by atoms with van der Waals surface area (Å²) < 4.78 is 5.72. The largest absolute Gasteiger partial charge is 0.392 e. The minimum atomic E-state index is -0.158. The van der Waals surface area contributed by atoms with E-state index in [2.05, 4.69) is 4.90 Å². The lowest BCUT2D eigenvalue weighted by Gasteiger charge is -2.38. The molecule has 0 bridgehead atoms. The van der Waals surface area contributed by atoms with E-state index in [9.17, 15) is 5.11 Å². The van der Waals surface area contributed by atoms with E-state index in [1.54, 1.807) is 0 Å². The summed E-state index contributed by atoms with van der Waals surface area (Å²) in [5.74, 6) is 0. The van der Waals surface area contributed by atoms with Gasteiger partial charge in [0.15, 0.2) is 0 Å². The molecule has 2 fully saturated rings. The molecule has 3 atom stereocenters. The number of hydrogen-bond acceptors (Lipinski definition) is 3. The second-order valence-electron chi connectivity index (χ2n) is 4.46. The van der Waals surface area contributed by atoms with Gasteiger partial charge >= 0.3 is 0 Å². The zero-order valence-electron chi connectivity index (χ0n) is 8.98. The summed E-state index contributed by atoms with van der Waals surface area (Å²) in [7, 11) is 0. The van der Waals surface area contributed by atoms with Crippen molar-refractivity contribution in [3.8, 4) is 0 Å².